The molecule has 1 aliphatic heterocycles. The van der Waals surface area contributed by atoms with Crippen LogP contribution < -0.4 is 5.32 Å². The summed E-state index contributed by atoms with van der Waals surface area (Å²) in [5.74, 6) is 0.0438. The molecule has 1 aromatic heterocycles. The Kier molecular flexibility index (Phi) is 3.14. The fourth-order valence-electron chi connectivity index (χ4n) is 2.16. The van der Waals surface area contributed by atoms with Gasteiger partial charge in [-0.25, -0.2) is 9.97 Å². The minimum absolute atomic E-state index is 0.0438. The van der Waals surface area contributed by atoms with Crippen molar-refractivity contribution in [3.63, 3.8) is 0 Å². The van der Waals surface area contributed by atoms with Crippen molar-refractivity contribution in [2.24, 2.45) is 0 Å². The first kappa shape index (κ1) is 13.3. The fourth-order valence-corrected chi connectivity index (χ4v) is 2.35. The van der Waals surface area contributed by atoms with Crippen molar-refractivity contribution in [1.29, 1.82) is 0 Å². The summed E-state index contributed by atoms with van der Waals surface area (Å²) in [4.78, 5) is 7.90. The van der Waals surface area contributed by atoms with Gasteiger partial charge < -0.3 is 5.32 Å². The molecule has 7 heteroatoms. The fraction of sp³-hybridized carbons (Fsp3) is 0.231. The maximum absolute atomic E-state index is 13.1. The molecule has 0 unspecified atom stereocenters. The number of halogens is 4. The molecule has 1 aliphatic rings. The van der Waals surface area contributed by atoms with E-state index in [9.17, 15) is 13.2 Å². The average molecular weight is 300 g/mol. The molecule has 0 aliphatic carbocycles. The lowest BCUT2D eigenvalue weighted by molar-refractivity contribution is -0.141. The van der Waals surface area contributed by atoms with Crippen molar-refractivity contribution in [3.8, 4) is 11.4 Å². The van der Waals surface area contributed by atoms with Crippen molar-refractivity contribution < 1.29 is 13.2 Å². The van der Waals surface area contributed by atoms with Crippen molar-refractivity contribution in [1.82, 2.24) is 15.3 Å². The second-order valence-electron chi connectivity index (χ2n) is 4.43. The first-order valence-corrected chi connectivity index (χ1v) is 6.26. The summed E-state index contributed by atoms with van der Waals surface area (Å²) in [5.41, 5.74) is 0.116. The van der Waals surface area contributed by atoms with Gasteiger partial charge in [0, 0.05) is 29.2 Å². The molecule has 104 valence electrons. The highest BCUT2D eigenvalue weighted by Gasteiger charge is 2.38. The van der Waals surface area contributed by atoms with Crippen LogP contribution in [0.3, 0.4) is 0 Å². The zero-order valence-corrected chi connectivity index (χ0v) is 10.9. The Bertz CT molecular complexity index is 670. The SMILES string of the molecule is FC(F)(F)c1nc(-c2cccc(Cl)c2)nc2c1CNC2. The third-order valence-corrected chi connectivity index (χ3v) is 3.27. The molecule has 1 aromatic carbocycles. The van der Waals surface area contributed by atoms with Gasteiger partial charge in [-0.1, -0.05) is 23.7 Å². The molecule has 1 N–H and O–H groups in total. The second kappa shape index (κ2) is 4.71. The quantitative estimate of drug-likeness (QED) is 0.877. The smallest absolute Gasteiger partial charge is 0.307 e. The molecule has 0 spiro atoms. The van der Waals surface area contributed by atoms with E-state index in [-0.39, 0.29) is 17.9 Å². The number of aromatic nitrogens is 2. The number of hydrogen-bond acceptors (Lipinski definition) is 3. The van der Waals surface area contributed by atoms with E-state index in [1.54, 1.807) is 24.3 Å². The maximum Gasteiger partial charge on any atom is 0.433 e. The molecule has 2 aromatic rings. The van der Waals surface area contributed by atoms with E-state index in [1.807, 2.05) is 0 Å². The summed E-state index contributed by atoms with van der Waals surface area (Å²) >= 11 is 5.85. The Balaban J connectivity index is 2.19. The van der Waals surface area contributed by atoms with Gasteiger partial charge in [-0.05, 0) is 12.1 Å². The van der Waals surface area contributed by atoms with E-state index in [0.29, 0.717) is 22.8 Å². The lowest BCUT2D eigenvalue weighted by atomic mass is 10.1. The zero-order chi connectivity index (χ0) is 14.3. The lowest BCUT2D eigenvalue weighted by Crippen LogP contribution is -2.14. The van der Waals surface area contributed by atoms with Crippen LogP contribution in [-0.2, 0) is 19.3 Å². The van der Waals surface area contributed by atoms with Gasteiger partial charge in [0.1, 0.15) is 0 Å². The molecule has 20 heavy (non-hydrogen) atoms. The van der Waals surface area contributed by atoms with E-state index in [4.69, 9.17) is 11.6 Å². The molecule has 0 amide bonds. The van der Waals surface area contributed by atoms with Gasteiger partial charge in [-0.3, -0.25) is 0 Å². The highest BCUT2D eigenvalue weighted by atomic mass is 35.5. The molecule has 0 saturated carbocycles. The van der Waals surface area contributed by atoms with Crippen LogP contribution in [0.5, 0.6) is 0 Å². The molecule has 3 rings (SSSR count). The molecule has 0 bridgehead atoms. The minimum Gasteiger partial charge on any atom is -0.307 e. The number of nitrogens with one attached hydrogen (secondary N) is 1. The molecule has 3 nitrogen and oxygen atoms in total. The monoisotopic (exact) mass is 299 g/mol. The second-order valence-corrected chi connectivity index (χ2v) is 4.87. The first-order chi connectivity index (χ1) is 9.45. The van der Waals surface area contributed by atoms with Crippen molar-refractivity contribution >= 4 is 11.6 Å². The molecule has 2 heterocycles. The van der Waals surface area contributed by atoms with E-state index >= 15 is 0 Å². The van der Waals surface area contributed by atoms with Gasteiger partial charge in [0.05, 0.1) is 5.69 Å². The van der Waals surface area contributed by atoms with E-state index < -0.39 is 11.9 Å². The summed E-state index contributed by atoms with van der Waals surface area (Å²) in [7, 11) is 0. The van der Waals surface area contributed by atoms with Gasteiger partial charge in [0.2, 0.25) is 0 Å². The molecule has 0 radical (unpaired) electrons. The molecular formula is C13H9ClF3N3. The van der Waals surface area contributed by atoms with Crippen molar-refractivity contribution in [2.75, 3.05) is 0 Å². The predicted octanol–water partition coefficient (Wildman–Crippen LogP) is 3.42. The van der Waals surface area contributed by atoms with Gasteiger partial charge in [-0.2, -0.15) is 13.2 Å². The number of fused-ring (bicyclic) bond motifs is 1. The summed E-state index contributed by atoms with van der Waals surface area (Å²) in [6.45, 7) is 0.453. The number of alkyl halides is 3. The van der Waals surface area contributed by atoms with E-state index in [1.165, 1.54) is 0 Å². The Morgan fingerprint density at radius 2 is 1.95 bits per heavy atom. The van der Waals surface area contributed by atoms with Gasteiger partial charge in [0.15, 0.2) is 11.5 Å². The normalized spacial score (nSPS) is 14.4. The first-order valence-electron chi connectivity index (χ1n) is 5.89. The van der Waals surface area contributed by atoms with Gasteiger partial charge in [0.25, 0.3) is 0 Å². The Labute approximate surface area is 117 Å². The van der Waals surface area contributed by atoms with Crippen LogP contribution in [-0.4, -0.2) is 9.97 Å². The standard InChI is InChI=1S/C13H9ClF3N3/c14-8-3-1-2-7(4-8)12-19-10-6-18-5-9(10)11(20-12)13(15,16)17/h1-4,18H,5-6H2. The molecule has 0 fully saturated rings. The average Bonchev–Trinajstić information content (AvgIpc) is 2.84. The van der Waals surface area contributed by atoms with E-state index in [0.717, 1.165) is 0 Å². The molecular weight excluding hydrogens is 291 g/mol. The number of benzene rings is 1. The van der Waals surface area contributed by atoms with Crippen LogP contribution in [0.2, 0.25) is 5.02 Å². The van der Waals surface area contributed by atoms with Gasteiger partial charge >= 0.3 is 6.18 Å². The van der Waals surface area contributed by atoms with Crippen molar-refractivity contribution in [2.45, 2.75) is 19.3 Å². The highest BCUT2D eigenvalue weighted by molar-refractivity contribution is 6.30. The maximum atomic E-state index is 13.1. The van der Waals surface area contributed by atoms with Crippen molar-refractivity contribution in [3.05, 3.63) is 46.2 Å². The van der Waals surface area contributed by atoms with Crippen LogP contribution in [0, 0.1) is 0 Å². The number of nitrogens with zero attached hydrogens (tertiary/aromatic N) is 2. The third-order valence-electron chi connectivity index (χ3n) is 3.04. The molecule has 0 atom stereocenters. The minimum atomic E-state index is -4.49. The Hall–Kier alpha value is -1.66. The number of rotatable bonds is 1. The predicted molar refractivity (Wildman–Crippen MR) is 68.0 cm³/mol. The molecule has 0 saturated heterocycles. The van der Waals surface area contributed by atoms with Gasteiger partial charge in [-0.15, -0.1) is 0 Å². The summed E-state index contributed by atoms with van der Waals surface area (Å²) in [5, 5.41) is 3.29. The van der Waals surface area contributed by atoms with Crippen LogP contribution >= 0.6 is 11.6 Å². The highest BCUT2D eigenvalue weighted by Crippen LogP contribution is 2.34. The largest absolute Gasteiger partial charge is 0.433 e. The third kappa shape index (κ3) is 2.36. The number of hydrogen-bond donors (Lipinski definition) is 1. The Morgan fingerprint density at radius 3 is 2.65 bits per heavy atom. The Morgan fingerprint density at radius 1 is 1.15 bits per heavy atom. The topological polar surface area (TPSA) is 37.8 Å². The summed E-state index contributed by atoms with van der Waals surface area (Å²) in [6.07, 6.45) is -4.49. The van der Waals surface area contributed by atoms with Crippen LogP contribution in [0.1, 0.15) is 17.0 Å². The van der Waals surface area contributed by atoms with Crippen LogP contribution in [0.15, 0.2) is 24.3 Å². The summed E-state index contributed by atoms with van der Waals surface area (Å²) in [6, 6.07) is 6.48. The van der Waals surface area contributed by atoms with Crippen LogP contribution in [0.4, 0.5) is 13.2 Å². The zero-order valence-electron chi connectivity index (χ0n) is 10.1. The van der Waals surface area contributed by atoms with Crippen LogP contribution in [0.25, 0.3) is 11.4 Å². The lowest BCUT2D eigenvalue weighted by Gasteiger charge is -2.12. The summed E-state index contributed by atoms with van der Waals surface area (Å²) < 4.78 is 39.2. The van der Waals surface area contributed by atoms with E-state index in [2.05, 4.69) is 15.3 Å².